The van der Waals surface area contributed by atoms with Gasteiger partial charge >= 0.3 is 0 Å². The molecule has 0 bridgehead atoms. The highest BCUT2D eigenvalue weighted by molar-refractivity contribution is 6.31. The van der Waals surface area contributed by atoms with E-state index in [-0.39, 0.29) is 24.4 Å². The van der Waals surface area contributed by atoms with Crippen LogP contribution in [0.3, 0.4) is 0 Å². The van der Waals surface area contributed by atoms with E-state index in [1.165, 1.54) is 0 Å². The van der Waals surface area contributed by atoms with Crippen molar-refractivity contribution in [3.8, 4) is 11.5 Å². The number of halogens is 1. The number of carbonyl (C=O) groups is 2. The summed E-state index contributed by atoms with van der Waals surface area (Å²) >= 11 is 6.37. The third-order valence-electron chi connectivity index (χ3n) is 7.19. The lowest BCUT2D eigenvalue weighted by Crippen LogP contribution is -2.59. The highest BCUT2D eigenvalue weighted by Crippen LogP contribution is 2.38. The Morgan fingerprint density at radius 2 is 1.74 bits per heavy atom. The molecule has 34 heavy (non-hydrogen) atoms. The topological polar surface area (TPSA) is 59.1 Å². The minimum Gasteiger partial charge on any atom is -0.497 e. The number of methoxy groups -OCH3 is 2. The smallest absolute Gasteiger partial charge is 0.250 e. The molecule has 1 aliphatic heterocycles. The fourth-order valence-electron chi connectivity index (χ4n) is 5.16. The van der Waals surface area contributed by atoms with Crippen molar-refractivity contribution in [2.75, 3.05) is 27.3 Å². The van der Waals surface area contributed by atoms with Crippen molar-refractivity contribution >= 4 is 23.4 Å². The Morgan fingerprint density at radius 3 is 2.41 bits per heavy atom. The van der Waals surface area contributed by atoms with Crippen molar-refractivity contribution in [2.45, 2.75) is 51.1 Å². The van der Waals surface area contributed by atoms with E-state index < -0.39 is 6.04 Å². The van der Waals surface area contributed by atoms with E-state index in [1.54, 1.807) is 31.3 Å². The predicted molar refractivity (Wildman–Crippen MR) is 132 cm³/mol. The van der Waals surface area contributed by atoms with Crippen molar-refractivity contribution in [2.24, 2.45) is 5.92 Å². The van der Waals surface area contributed by atoms with E-state index in [4.69, 9.17) is 21.1 Å². The first-order valence-electron chi connectivity index (χ1n) is 12.0. The summed E-state index contributed by atoms with van der Waals surface area (Å²) in [6.07, 6.45) is 4.57. The van der Waals surface area contributed by atoms with Gasteiger partial charge in [0.05, 0.1) is 14.2 Å². The van der Waals surface area contributed by atoms with Crippen molar-refractivity contribution < 1.29 is 19.1 Å². The van der Waals surface area contributed by atoms with Gasteiger partial charge in [0, 0.05) is 23.2 Å². The molecule has 7 heteroatoms. The molecule has 1 atom stereocenters. The molecule has 2 aliphatic rings. The van der Waals surface area contributed by atoms with Gasteiger partial charge in [0.15, 0.2) is 0 Å². The van der Waals surface area contributed by atoms with E-state index in [0.29, 0.717) is 41.0 Å². The molecule has 0 aromatic heterocycles. The zero-order valence-electron chi connectivity index (χ0n) is 20.1. The number of hydrogen-bond acceptors (Lipinski definition) is 4. The molecule has 4 rings (SSSR count). The Hall–Kier alpha value is -2.73. The first kappa shape index (κ1) is 24.4. The highest BCUT2D eigenvalue weighted by Gasteiger charge is 2.44. The Balaban J connectivity index is 1.69. The van der Waals surface area contributed by atoms with E-state index in [0.717, 1.165) is 31.2 Å². The molecule has 6 nitrogen and oxygen atoms in total. The predicted octanol–water partition coefficient (Wildman–Crippen LogP) is 4.89. The zero-order valence-corrected chi connectivity index (χ0v) is 20.9. The maximum atomic E-state index is 14.0. The number of rotatable bonds is 7. The molecule has 2 aromatic rings. The number of carbonyl (C=O) groups excluding carboxylic acids is 2. The number of hydrogen-bond donors (Lipinski definition) is 0. The summed E-state index contributed by atoms with van der Waals surface area (Å²) in [5.74, 6) is 1.73. The van der Waals surface area contributed by atoms with Crippen molar-refractivity contribution in [1.82, 2.24) is 9.80 Å². The number of nitrogens with zero attached hydrogens (tertiary/aromatic N) is 2. The third-order valence-corrected chi connectivity index (χ3v) is 7.56. The van der Waals surface area contributed by atoms with Gasteiger partial charge < -0.3 is 19.3 Å². The molecule has 182 valence electrons. The largest absolute Gasteiger partial charge is 0.497 e. The minimum absolute atomic E-state index is 0.0511. The lowest BCUT2D eigenvalue weighted by molar-refractivity contribution is -0.159. The van der Waals surface area contributed by atoms with Crippen LogP contribution in [0.2, 0.25) is 5.02 Å². The summed E-state index contributed by atoms with van der Waals surface area (Å²) in [4.78, 5) is 31.0. The Labute approximate surface area is 206 Å². The monoisotopic (exact) mass is 484 g/mol. The van der Waals surface area contributed by atoms with Gasteiger partial charge in [-0.15, -0.1) is 0 Å². The average molecular weight is 485 g/mol. The van der Waals surface area contributed by atoms with Gasteiger partial charge in [-0.2, -0.15) is 0 Å². The molecule has 0 N–H and O–H groups in total. The van der Waals surface area contributed by atoms with Crippen molar-refractivity contribution in [3.05, 3.63) is 58.6 Å². The third kappa shape index (κ3) is 5.02. The van der Waals surface area contributed by atoms with Crippen LogP contribution in [-0.4, -0.2) is 55.0 Å². The summed E-state index contributed by atoms with van der Waals surface area (Å²) in [7, 11) is 3.17. The van der Waals surface area contributed by atoms with Crippen LogP contribution in [-0.2, 0) is 16.0 Å². The molecule has 2 aromatic carbocycles. The Morgan fingerprint density at radius 1 is 1.00 bits per heavy atom. The first-order valence-corrected chi connectivity index (χ1v) is 12.4. The normalized spacial score (nSPS) is 23.2. The Kier molecular flexibility index (Phi) is 7.67. The van der Waals surface area contributed by atoms with Gasteiger partial charge in [0.2, 0.25) is 5.91 Å². The minimum atomic E-state index is -0.770. The summed E-state index contributed by atoms with van der Waals surface area (Å²) in [6, 6.07) is 12.3. The van der Waals surface area contributed by atoms with E-state index in [1.807, 2.05) is 35.2 Å². The second-order valence-corrected chi connectivity index (χ2v) is 9.73. The molecule has 0 spiro atoms. The van der Waals surface area contributed by atoms with Gasteiger partial charge in [-0.05, 0) is 67.9 Å². The fraction of sp³-hybridized carbons (Fsp3) is 0.481. The van der Waals surface area contributed by atoms with Gasteiger partial charge in [-0.1, -0.05) is 36.7 Å². The quantitative estimate of drug-likeness (QED) is 0.561. The Bertz CT molecular complexity index is 1040. The molecular weight excluding hydrogens is 452 g/mol. The second-order valence-electron chi connectivity index (χ2n) is 9.32. The maximum Gasteiger partial charge on any atom is 0.250 e. The van der Waals surface area contributed by atoms with Gasteiger partial charge in [0.1, 0.15) is 24.1 Å². The zero-order chi connectivity index (χ0) is 24.2. The second kappa shape index (κ2) is 10.7. The number of benzene rings is 2. The van der Waals surface area contributed by atoms with Crippen LogP contribution in [0.15, 0.2) is 42.5 Å². The summed E-state index contributed by atoms with van der Waals surface area (Å²) in [5.41, 5.74) is 1.60. The first-order chi connectivity index (χ1) is 16.4. The summed E-state index contributed by atoms with van der Waals surface area (Å²) < 4.78 is 11.1. The fourth-order valence-corrected chi connectivity index (χ4v) is 5.39. The van der Waals surface area contributed by atoms with E-state index in [2.05, 4.69) is 6.92 Å². The van der Waals surface area contributed by atoms with Crippen LogP contribution in [0.25, 0.3) is 0 Å². The number of ether oxygens (including phenoxy) is 2. The molecular formula is C27H33ClN2O4. The van der Waals surface area contributed by atoms with Gasteiger partial charge in [0.25, 0.3) is 5.91 Å². The van der Waals surface area contributed by atoms with E-state index in [9.17, 15) is 9.59 Å². The molecule has 1 saturated heterocycles. The van der Waals surface area contributed by atoms with Crippen LogP contribution in [0.4, 0.5) is 0 Å². The molecule has 2 amide bonds. The molecule has 1 saturated carbocycles. The van der Waals surface area contributed by atoms with Gasteiger partial charge in [-0.3, -0.25) is 9.59 Å². The van der Waals surface area contributed by atoms with Crippen molar-refractivity contribution in [1.29, 1.82) is 0 Å². The lowest BCUT2D eigenvalue weighted by Gasteiger charge is -2.45. The molecule has 1 aliphatic carbocycles. The average Bonchev–Trinajstić information content (AvgIpc) is 2.85. The van der Waals surface area contributed by atoms with Crippen LogP contribution in [0.5, 0.6) is 11.5 Å². The maximum absolute atomic E-state index is 14.0. The number of amides is 2. The van der Waals surface area contributed by atoms with Crippen LogP contribution >= 0.6 is 11.6 Å². The highest BCUT2D eigenvalue weighted by atomic mass is 35.5. The van der Waals surface area contributed by atoms with Crippen LogP contribution in [0, 0.1) is 5.92 Å². The van der Waals surface area contributed by atoms with Crippen molar-refractivity contribution in [3.63, 3.8) is 0 Å². The van der Waals surface area contributed by atoms with E-state index >= 15 is 0 Å². The van der Waals surface area contributed by atoms with Crippen LogP contribution in [0.1, 0.15) is 49.8 Å². The standard InChI is InChI=1S/C27H33ClN2O4/c1-18-8-10-20(11-9-18)30-17-25(31)29(15-14-19-6-4-5-7-23(19)28)26(27(30)32)22-16-21(33-2)12-13-24(22)34-3/h4-7,12-13,16,18,20,26H,8-11,14-15,17H2,1-3H3. The molecule has 0 radical (unpaired) electrons. The van der Waals surface area contributed by atoms with Crippen LogP contribution < -0.4 is 9.47 Å². The van der Waals surface area contributed by atoms with Gasteiger partial charge in [-0.25, -0.2) is 0 Å². The summed E-state index contributed by atoms with van der Waals surface area (Å²) in [5, 5.41) is 0.659. The molecule has 1 heterocycles. The summed E-state index contributed by atoms with van der Waals surface area (Å²) in [6.45, 7) is 2.75. The SMILES string of the molecule is COc1ccc(OC)c(C2C(=O)N(C3CCC(C)CC3)CC(=O)N2CCc2ccccc2Cl)c1. The molecule has 2 fully saturated rings. The lowest BCUT2D eigenvalue weighted by atomic mass is 9.85. The number of piperazine rings is 1. The molecule has 1 unspecified atom stereocenters.